The minimum atomic E-state index is -0.537. The van der Waals surface area contributed by atoms with Gasteiger partial charge in [-0.3, -0.25) is 9.59 Å². The number of rotatable bonds is 10. The van der Waals surface area contributed by atoms with E-state index in [1.165, 1.54) is 5.56 Å². The highest BCUT2D eigenvalue weighted by atomic mass is 16.5. The lowest BCUT2D eigenvalue weighted by atomic mass is 10.0. The van der Waals surface area contributed by atoms with Gasteiger partial charge < -0.3 is 15.0 Å². The van der Waals surface area contributed by atoms with Crippen molar-refractivity contribution in [2.75, 3.05) is 13.2 Å². The molecule has 2 rings (SSSR count). The summed E-state index contributed by atoms with van der Waals surface area (Å²) in [6.45, 7) is 10.9. The lowest BCUT2D eigenvalue weighted by Crippen LogP contribution is -2.50. The van der Waals surface area contributed by atoms with E-state index in [0.29, 0.717) is 31.2 Å². The summed E-state index contributed by atoms with van der Waals surface area (Å²) >= 11 is 0. The molecule has 1 atom stereocenters. The first kappa shape index (κ1) is 23.5. The Morgan fingerprint density at radius 2 is 1.77 bits per heavy atom. The highest BCUT2D eigenvalue weighted by Gasteiger charge is 2.28. The molecule has 0 aliphatic rings. The largest absolute Gasteiger partial charge is 0.484 e. The van der Waals surface area contributed by atoms with Crippen LogP contribution in [0.3, 0.4) is 0 Å². The number of nitrogens with zero attached hydrogens (tertiary/aromatic N) is 1. The van der Waals surface area contributed by atoms with Gasteiger partial charge >= 0.3 is 0 Å². The molecule has 2 aromatic rings. The lowest BCUT2D eigenvalue weighted by Gasteiger charge is -2.30. The number of hydrogen-bond donors (Lipinski definition) is 1. The van der Waals surface area contributed by atoms with Crippen LogP contribution in [0.2, 0.25) is 0 Å². The van der Waals surface area contributed by atoms with Crippen molar-refractivity contribution in [3.8, 4) is 5.75 Å². The summed E-state index contributed by atoms with van der Waals surface area (Å²) in [5, 5.41) is 2.85. The Labute approximate surface area is 180 Å². The fourth-order valence-electron chi connectivity index (χ4n) is 3.40. The van der Waals surface area contributed by atoms with E-state index in [0.717, 1.165) is 11.1 Å². The number of aryl methyl sites for hydroxylation is 1. The molecule has 0 saturated heterocycles. The number of carbonyl (C=O) groups excluding carboxylic acids is 2. The van der Waals surface area contributed by atoms with Crippen molar-refractivity contribution in [3.63, 3.8) is 0 Å². The summed E-state index contributed by atoms with van der Waals surface area (Å²) < 4.78 is 5.76. The molecule has 0 spiro atoms. The maximum absolute atomic E-state index is 13.1. The second kappa shape index (κ2) is 11.4. The second-order valence-corrected chi connectivity index (χ2v) is 7.84. The molecule has 0 fully saturated rings. The summed E-state index contributed by atoms with van der Waals surface area (Å²) in [5.41, 5.74) is 3.33. The number of carbonyl (C=O) groups is 2. The first-order valence-electron chi connectivity index (χ1n) is 10.7. The average molecular weight is 411 g/mol. The Morgan fingerprint density at radius 1 is 1.07 bits per heavy atom. The van der Waals surface area contributed by atoms with Crippen molar-refractivity contribution in [1.82, 2.24) is 10.2 Å². The van der Waals surface area contributed by atoms with Crippen molar-refractivity contribution >= 4 is 11.8 Å². The summed E-state index contributed by atoms with van der Waals surface area (Å²) in [5.74, 6) is 0.743. The molecule has 5 heteroatoms. The highest BCUT2D eigenvalue weighted by Crippen LogP contribution is 2.19. The van der Waals surface area contributed by atoms with Gasteiger partial charge in [0.1, 0.15) is 11.8 Å². The molecule has 0 bridgehead atoms. The summed E-state index contributed by atoms with van der Waals surface area (Å²) in [4.78, 5) is 27.3. The number of amides is 2. The molecular weight excluding hydrogens is 376 g/mol. The third-order valence-corrected chi connectivity index (χ3v) is 5.08. The minimum absolute atomic E-state index is 0.108. The molecule has 2 amide bonds. The normalized spacial score (nSPS) is 11.8. The first-order valence-corrected chi connectivity index (χ1v) is 10.7. The molecule has 0 aromatic heterocycles. The Bertz CT molecular complexity index is 831. The molecule has 1 unspecified atom stereocenters. The molecule has 0 heterocycles. The molecule has 0 aliphatic heterocycles. The standard InChI is InChI=1S/C25H34N2O3/c1-6-23(25(29)26-7-2)27(16-20-10-8-9-19(5)15-20)24(28)17-30-22-13-11-21(12-14-22)18(3)4/h8-15,18,23H,6-7,16-17H2,1-5H3,(H,26,29). The molecule has 0 aliphatic carbocycles. The van der Waals surface area contributed by atoms with Gasteiger partial charge in [0.25, 0.3) is 5.91 Å². The predicted octanol–water partition coefficient (Wildman–Crippen LogP) is 4.44. The molecule has 0 saturated carbocycles. The number of hydrogen-bond acceptors (Lipinski definition) is 3. The third kappa shape index (κ3) is 6.61. The van der Waals surface area contributed by atoms with E-state index in [1.807, 2.05) is 69.3 Å². The number of benzene rings is 2. The Morgan fingerprint density at radius 3 is 2.33 bits per heavy atom. The molecule has 2 aromatic carbocycles. The van der Waals surface area contributed by atoms with Crippen LogP contribution in [0.15, 0.2) is 48.5 Å². The van der Waals surface area contributed by atoms with Crippen LogP contribution in [0.1, 0.15) is 56.7 Å². The predicted molar refractivity (Wildman–Crippen MR) is 121 cm³/mol. The van der Waals surface area contributed by atoms with Crippen LogP contribution in [0.25, 0.3) is 0 Å². The summed E-state index contributed by atoms with van der Waals surface area (Å²) in [6.07, 6.45) is 0.534. The Kier molecular flexibility index (Phi) is 8.90. The SMILES string of the molecule is CCNC(=O)C(CC)N(Cc1cccc(C)c1)C(=O)COc1ccc(C(C)C)cc1. The van der Waals surface area contributed by atoms with Crippen LogP contribution in [0, 0.1) is 6.92 Å². The van der Waals surface area contributed by atoms with Crippen molar-refractivity contribution in [3.05, 3.63) is 65.2 Å². The van der Waals surface area contributed by atoms with Crippen LogP contribution < -0.4 is 10.1 Å². The van der Waals surface area contributed by atoms with E-state index in [1.54, 1.807) is 4.90 Å². The van der Waals surface area contributed by atoms with Crippen molar-refractivity contribution in [1.29, 1.82) is 0 Å². The summed E-state index contributed by atoms with van der Waals surface area (Å²) in [6, 6.07) is 15.2. The van der Waals surface area contributed by atoms with E-state index < -0.39 is 6.04 Å². The van der Waals surface area contributed by atoms with Gasteiger partial charge in [-0.15, -0.1) is 0 Å². The second-order valence-electron chi connectivity index (χ2n) is 7.84. The van der Waals surface area contributed by atoms with Crippen LogP contribution in [-0.4, -0.2) is 35.9 Å². The van der Waals surface area contributed by atoms with E-state index in [9.17, 15) is 9.59 Å². The lowest BCUT2D eigenvalue weighted by molar-refractivity contribution is -0.142. The van der Waals surface area contributed by atoms with E-state index in [4.69, 9.17) is 4.74 Å². The van der Waals surface area contributed by atoms with Gasteiger partial charge in [0.2, 0.25) is 5.91 Å². The zero-order chi connectivity index (χ0) is 22.1. The zero-order valence-corrected chi connectivity index (χ0v) is 18.8. The van der Waals surface area contributed by atoms with Gasteiger partial charge in [-0.2, -0.15) is 0 Å². The smallest absolute Gasteiger partial charge is 0.261 e. The van der Waals surface area contributed by atoms with Crippen molar-refractivity contribution in [2.24, 2.45) is 0 Å². The fourth-order valence-corrected chi connectivity index (χ4v) is 3.40. The maximum Gasteiger partial charge on any atom is 0.261 e. The fraction of sp³-hybridized carbons (Fsp3) is 0.440. The van der Waals surface area contributed by atoms with Gasteiger partial charge in [-0.05, 0) is 49.4 Å². The molecule has 162 valence electrons. The topological polar surface area (TPSA) is 58.6 Å². The minimum Gasteiger partial charge on any atom is -0.484 e. The van der Waals surface area contributed by atoms with E-state index in [2.05, 4.69) is 19.2 Å². The van der Waals surface area contributed by atoms with Gasteiger partial charge in [-0.1, -0.05) is 62.7 Å². The zero-order valence-electron chi connectivity index (χ0n) is 18.8. The third-order valence-electron chi connectivity index (χ3n) is 5.08. The average Bonchev–Trinajstić information content (AvgIpc) is 2.72. The monoisotopic (exact) mass is 410 g/mol. The molecular formula is C25H34N2O3. The molecule has 5 nitrogen and oxygen atoms in total. The Hall–Kier alpha value is -2.82. The van der Waals surface area contributed by atoms with Crippen LogP contribution in [0.4, 0.5) is 0 Å². The maximum atomic E-state index is 13.1. The summed E-state index contributed by atoms with van der Waals surface area (Å²) in [7, 11) is 0. The number of likely N-dealkylation sites (N-methyl/N-ethyl adjacent to an activating group) is 1. The van der Waals surface area contributed by atoms with Crippen molar-refractivity contribution in [2.45, 2.75) is 59.5 Å². The first-order chi connectivity index (χ1) is 14.3. The van der Waals surface area contributed by atoms with Gasteiger partial charge in [0.15, 0.2) is 6.61 Å². The van der Waals surface area contributed by atoms with Crippen LogP contribution >= 0.6 is 0 Å². The van der Waals surface area contributed by atoms with E-state index >= 15 is 0 Å². The van der Waals surface area contributed by atoms with E-state index in [-0.39, 0.29) is 18.4 Å². The van der Waals surface area contributed by atoms with Gasteiger partial charge in [-0.25, -0.2) is 0 Å². The van der Waals surface area contributed by atoms with Crippen LogP contribution in [0.5, 0.6) is 5.75 Å². The van der Waals surface area contributed by atoms with Gasteiger partial charge in [0, 0.05) is 13.1 Å². The quantitative estimate of drug-likeness (QED) is 0.630. The number of ether oxygens (including phenoxy) is 1. The van der Waals surface area contributed by atoms with Crippen LogP contribution in [-0.2, 0) is 16.1 Å². The Balaban J connectivity index is 2.16. The molecule has 30 heavy (non-hydrogen) atoms. The molecule has 0 radical (unpaired) electrons. The van der Waals surface area contributed by atoms with Crippen molar-refractivity contribution < 1.29 is 14.3 Å². The van der Waals surface area contributed by atoms with Gasteiger partial charge in [0.05, 0.1) is 0 Å². The highest BCUT2D eigenvalue weighted by molar-refractivity contribution is 5.88. The number of nitrogens with one attached hydrogen (secondary N) is 1. The molecule has 1 N–H and O–H groups in total.